The van der Waals surface area contributed by atoms with E-state index in [4.69, 9.17) is 0 Å². The number of aromatic nitrogens is 1. The summed E-state index contributed by atoms with van der Waals surface area (Å²) in [5.74, 6) is -1.77. The summed E-state index contributed by atoms with van der Waals surface area (Å²) >= 11 is 0. The maximum absolute atomic E-state index is 13.5. The predicted octanol–water partition coefficient (Wildman–Crippen LogP) is 6.92. The third-order valence-electron chi connectivity index (χ3n) is 6.37. The minimum Gasteiger partial charge on any atom is -0.263 e. The Morgan fingerprint density at radius 1 is 0.865 bits per heavy atom. The van der Waals surface area contributed by atoms with Gasteiger partial charge in [-0.1, -0.05) is 30.3 Å². The Kier molecular flexibility index (Phi) is 6.23. The molecule has 3 aromatic carbocycles. The standard InChI is InChI=1S/C27H19F5N2O2S/c28-19-8-4-16(5-9-19)24-15-18(27(30,31)32)7-12-23(24)22-11-6-17-14-20(10-13-21(17)22)37(35,36)34-26-3-1-2-25(29)33-26/h1-5,7-10,12-15,22H,6,11H2,(H,33,34)/t22-/m0/s1. The average molecular weight is 531 g/mol. The molecule has 0 bridgehead atoms. The number of hydrogen-bond acceptors (Lipinski definition) is 3. The molecule has 0 spiro atoms. The van der Waals surface area contributed by atoms with Gasteiger partial charge in [0.2, 0.25) is 5.95 Å². The normalized spacial score (nSPS) is 15.4. The molecule has 1 aliphatic rings. The number of aryl methyl sites for hydroxylation is 1. The van der Waals surface area contributed by atoms with Crippen LogP contribution in [0, 0.1) is 11.8 Å². The second-order valence-electron chi connectivity index (χ2n) is 8.71. The van der Waals surface area contributed by atoms with Crippen LogP contribution in [0.4, 0.5) is 27.8 Å². The number of alkyl halides is 3. The van der Waals surface area contributed by atoms with Crippen LogP contribution >= 0.6 is 0 Å². The Labute approximate surface area is 209 Å². The molecule has 0 aliphatic heterocycles. The molecule has 0 saturated heterocycles. The van der Waals surface area contributed by atoms with E-state index in [1.54, 1.807) is 6.07 Å². The number of halogens is 5. The van der Waals surface area contributed by atoms with Crippen molar-refractivity contribution in [1.29, 1.82) is 0 Å². The molecule has 5 rings (SSSR count). The van der Waals surface area contributed by atoms with E-state index in [1.165, 1.54) is 54.6 Å². The fourth-order valence-corrected chi connectivity index (χ4v) is 5.71. The third kappa shape index (κ3) is 5.06. The summed E-state index contributed by atoms with van der Waals surface area (Å²) in [4.78, 5) is 3.48. The maximum atomic E-state index is 13.5. The maximum Gasteiger partial charge on any atom is 0.416 e. The summed E-state index contributed by atoms with van der Waals surface area (Å²) in [7, 11) is -4.05. The minimum atomic E-state index is -4.55. The van der Waals surface area contributed by atoms with Crippen molar-refractivity contribution in [3.05, 3.63) is 113 Å². The van der Waals surface area contributed by atoms with Crippen LogP contribution in [0.5, 0.6) is 0 Å². The van der Waals surface area contributed by atoms with Crippen molar-refractivity contribution in [3.8, 4) is 11.1 Å². The number of rotatable bonds is 5. The number of nitrogens with one attached hydrogen (secondary N) is 1. The molecule has 1 aliphatic carbocycles. The SMILES string of the molecule is O=S(=O)(Nc1cccc(F)n1)c1ccc2c(c1)CC[C@@H]2c1ccc(C(F)(F)F)cc1-c1ccc(F)cc1. The first-order valence-electron chi connectivity index (χ1n) is 11.3. The van der Waals surface area contributed by atoms with Crippen molar-refractivity contribution in [2.45, 2.75) is 29.8 Å². The molecule has 1 aromatic heterocycles. The quantitative estimate of drug-likeness (QED) is 0.225. The number of pyridine rings is 1. The van der Waals surface area contributed by atoms with E-state index in [0.717, 1.165) is 29.3 Å². The first-order valence-corrected chi connectivity index (χ1v) is 12.7. The summed E-state index contributed by atoms with van der Waals surface area (Å²) in [5, 5.41) is 0. The lowest BCUT2D eigenvalue weighted by atomic mass is 9.86. The first-order chi connectivity index (χ1) is 17.5. The van der Waals surface area contributed by atoms with Crippen molar-refractivity contribution >= 4 is 15.8 Å². The highest BCUT2D eigenvalue weighted by Gasteiger charge is 2.33. The Hall–Kier alpha value is -3.79. The van der Waals surface area contributed by atoms with Gasteiger partial charge in [-0.2, -0.15) is 17.6 Å². The molecule has 190 valence electrons. The zero-order valence-corrected chi connectivity index (χ0v) is 19.9. The van der Waals surface area contributed by atoms with Gasteiger partial charge in [0.25, 0.3) is 10.0 Å². The van der Waals surface area contributed by atoms with E-state index in [-0.39, 0.29) is 16.6 Å². The highest BCUT2D eigenvalue weighted by atomic mass is 32.2. The smallest absolute Gasteiger partial charge is 0.263 e. The van der Waals surface area contributed by atoms with Crippen LogP contribution in [0.25, 0.3) is 11.1 Å². The van der Waals surface area contributed by atoms with Crippen LogP contribution < -0.4 is 4.72 Å². The third-order valence-corrected chi connectivity index (χ3v) is 7.72. The molecular formula is C27H19F5N2O2S. The number of nitrogens with zero attached hydrogens (tertiary/aromatic N) is 1. The molecule has 1 atom stereocenters. The summed E-state index contributed by atoms with van der Waals surface area (Å²) in [5.41, 5.74) is 2.14. The van der Waals surface area contributed by atoms with Gasteiger partial charge in [-0.25, -0.2) is 17.8 Å². The Bertz CT molecular complexity index is 1590. The zero-order chi connectivity index (χ0) is 26.4. The molecule has 4 nitrogen and oxygen atoms in total. The highest BCUT2D eigenvalue weighted by Crippen LogP contribution is 2.44. The van der Waals surface area contributed by atoms with Crippen LogP contribution in [0.3, 0.4) is 0 Å². The zero-order valence-electron chi connectivity index (χ0n) is 19.1. The lowest BCUT2D eigenvalue weighted by molar-refractivity contribution is -0.137. The van der Waals surface area contributed by atoms with Gasteiger partial charge in [0.15, 0.2) is 0 Å². The summed E-state index contributed by atoms with van der Waals surface area (Å²) in [6.07, 6.45) is -3.49. The number of fused-ring (bicyclic) bond motifs is 1. The molecule has 0 saturated carbocycles. The number of benzene rings is 3. The van der Waals surface area contributed by atoms with Gasteiger partial charge in [-0.3, -0.25) is 4.72 Å². The predicted molar refractivity (Wildman–Crippen MR) is 128 cm³/mol. The van der Waals surface area contributed by atoms with Crippen LogP contribution in [-0.4, -0.2) is 13.4 Å². The summed E-state index contributed by atoms with van der Waals surface area (Å²) in [6, 6.07) is 17.1. The largest absolute Gasteiger partial charge is 0.416 e. The molecule has 0 unspecified atom stereocenters. The van der Waals surface area contributed by atoms with E-state index in [2.05, 4.69) is 9.71 Å². The summed E-state index contributed by atoms with van der Waals surface area (Å²) in [6.45, 7) is 0. The number of hydrogen-bond donors (Lipinski definition) is 1. The molecule has 0 radical (unpaired) electrons. The van der Waals surface area contributed by atoms with E-state index in [9.17, 15) is 30.4 Å². The second-order valence-corrected chi connectivity index (χ2v) is 10.4. The van der Waals surface area contributed by atoms with Gasteiger partial charge in [-0.15, -0.1) is 0 Å². The molecule has 0 amide bonds. The molecule has 1 N–H and O–H groups in total. The van der Waals surface area contributed by atoms with Crippen molar-refractivity contribution < 1.29 is 30.4 Å². The Balaban J connectivity index is 1.52. The van der Waals surface area contributed by atoms with Gasteiger partial charge >= 0.3 is 6.18 Å². The number of sulfonamides is 1. The fraction of sp³-hybridized carbons (Fsp3) is 0.148. The Morgan fingerprint density at radius 2 is 1.59 bits per heavy atom. The lowest BCUT2D eigenvalue weighted by Gasteiger charge is -2.20. The van der Waals surface area contributed by atoms with Crippen molar-refractivity contribution in [3.63, 3.8) is 0 Å². The van der Waals surface area contributed by atoms with Gasteiger partial charge in [0.1, 0.15) is 11.6 Å². The first kappa shape index (κ1) is 24.9. The van der Waals surface area contributed by atoms with Crippen LogP contribution in [0.15, 0.2) is 83.8 Å². The molecule has 37 heavy (non-hydrogen) atoms. The van der Waals surface area contributed by atoms with Crippen LogP contribution in [0.1, 0.15) is 34.6 Å². The monoisotopic (exact) mass is 530 g/mol. The topological polar surface area (TPSA) is 59.1 Å². The second kappa shape index (κ2) is 9.26. The van der Waals surface area contributed by atoms with Crippen LogP contribution in [-0.2, 0) is 22.6 Å². The molecular weight excluding hydrogens is 511 g/mol. The van der Waals surface area contributed by atoms with E-state index in [0.29, 0.717) is 29.5 Å². The Morgan fingerprint density at radius 3 is 2.30 bits per heavy atom. The van der Waals surface area contributed by atoms with E-state index in [1.807, 2.05) is 0 Å². The minimum absolute atomic E-state index is 0.0378. The average Bonchev–Trinajstić information content (AvgIpc) is 3.27. The molecule has 4 aromatic rings. The lowest BCUT2D eigenvalue weighted by Crippen LogP contribution is -2.14. The molecule has 10 heteroatoms. The van der Waals surface area contributed by atoms with Crippen molar-refractivity contribution in [2.24, 2.45) is 0 Å². The van der Waals surface area contributed by atoms with E-state index < -0.39 is 33.5 Å². The summed E-state index contributed by atoms with van der Waals surface area (Å²) < 4.78 is 95.3. The van der Waals surface area contributed by atoms with Gasteiger partial charge in [0, 0.05) is 5.92 Å². The number of anilines is 1. The highest BCUT2D eigenvalue weighted by molar-refractivity contribution is 7.92. The van der Waals surface area contributed by atoms with Gasteiger partial charge in [-0.05, 0) is 89.2 Å². The van der Waals surface area contributed by atoms with Crippen molar-refractivity contribution in [1.82, 2.24) is 4.98 Å². The molecule has 0 fully saturated rings. The van der Waals surface area contributed by atoms with E-state index >= 15 is 0 Å². The van der Waals surface area contributed by atoms with Gasteiger partial charge < -0.3 is 0 Å². The molecule has 1 heterocycles. The van der Waals surface area contributed by atoms with Crippen LogP contribution in [0.2, 0.25) is 0 Å². The fourth-order valence-electron chi connectivity index (χ4n) is 4.66. The van der Waals surface area contributed by atoms with Crippen molar-refractivity contribution in [2.75, 3.05) is 4.72 Å². The van der Waals surface area contributed by atoms with Gasteiger partial charge in [0.05, 0.1) is 10.5 Å².